The Morgan fingerprint density at radius 3 is 2.50 bits per heavy atom. The average Bonchev–Trinajstić information content (AvgIpc) is 2.56. The number of halogens is 1. The van der Waals surface area contributed by atoms with E-state index in [-0.39, 0.29) is 5.82 Å². The molecule has 0 fully saturated rings. The van der Waals surface area contributed by atoms with Gasteiger partial charge in [0, 0.05) is 7.05 Å². The Bertz CT molecular complexity index is 705. The van der Waals surface area contributed by atoms with Gasteiger partial charge in [0.15, 0.2) is 4.80 Å². The number of aromatic nitrogens is 1. The van der Waals surface area contributed by atoms with E-state index in [0.29, 0.717) is 10.3 Å². The summed E-state index contributed by atoms with van der Waals surface area (Å²) in [5.41, 5.74) is 0.521. The first-order valence-corrected chi connectivity index (χ1v) is 6.76. The molecule has 1 aromatic heterocycles. The lowest BCUT2D eigenvalue weighted by atomic mass is 10.3. The van der Waals surface area contributed by atoms with Crippen molar-refractivity contribution in [1.29, 1.82) is 5.41 Å². The van der Waals surface area contributed by atoms with E-state index in [4.69, 9.17) is 9.96 Å². The van der Waals surface area contributed by atoms with E-state index < -0.39 is 10.4 Å². The van der Waals surface area contributed by atoms with Crippen LogP contribution < -0.4 is 4.80 Å². The summed E-state index contributed by atoms with van der Waals surface area (Å²) in [6.45, 7) is 0. The van der Waals surface area contributed by atoms with E-state index >= 15 is 0 Å². The second kappa shape index (κ2) is 5.57. The molecular formula is C9H11FN2O4S2. The molecule has 1 heterocycles. The van der Waals surface area contributed by atoms with Crippen LogP contribution in [0.5, 0.6) is 0 Å². The van der Waals surface area contributed by atoms with Crippen molar-refractivity contribution in [2.75, 3.05) is 7.11 Å². The van der Waals surface area contributed by atoms with E-state index in [1.165, 1.54) is 17.4 Å². The molecule has 2 N–H and O–H groups in total. The van der Waals surface area contributed by atoms with Crippen molar-refractivity contribution >= 4 is 32.0 Å². The highest BCUT2D eigenvalue weighted by Gasteiger charge is 2.05. The quantitative estimate of drug-likeness (QED) is 0.775. The number of aryl methyl sites for hydroxylation is 1. The molecule has 6 nitrogen and oxygen atoms in total. The number of thiazole rings is 1. The first kappa shape index (κ1) is 14.8. The van der Waals surface area contributed by atoms with Crippen LogP contribution in [0.2, 0.25) is 0 Å². The summed E-state index contributed by atoms with van der Waals surface area (Å²) in [6.07, 6.45) is 0. The van der Waals surface area contributed by atoms with Crippen LogP contribution in [0.1, 0.15) is 0 Å². The van der Waals surface area contributed by atoms with Crippen LogP contribution in [0, 0.1) is 11.2 Å². The van der Waals surface area contributed by atoms with Gasteiger partial charge in [0.05, 0.1) is 17.3 Å². The zero-order valence-electron chi connectivity index (χ0n) is 9.55. The van der Waals surface area contributed by atoms with Crippen LogP contribution in [0.15, 0.2) is 18.2 Å². The predicted octanol–water partition coefficient (Wildman–Crippen LogP) is 1.29. The lowest BCUT2D eigenvalue weighted by molar-refractivity contribution is 0.324. The molecule has 100 valence electrons. The Balaban J connectivity index is 0.000000232. The van der Waals surface area contributed by atoms with Gasteiger partial charge in [-0.2, -0.15) is 8.42 Å². The topological polar surface area (TPSA) is 92.4 Å². The van der Waals surface area contributed by atoms with Gasteiger partial charge in [-0.15, -0.1) is 0 Å². The minimum absolute atomic E-state index is 0.259. The average molecular weight is 294 g/mol. The number of nitrogens with one attached hydrogen (secondary N) is 1. The van der Waals surface area contributed by atoms with Gasteiger partial charge in [-0.05, 0) is 12.1 Å². The van der Waals surface area contributed by atoms with Crippen molar-refractivity contribution in [2.45, 2.75) is 0 Å². The fraction of sp³-hybridized carbons (Fsp3) is 0.222. The maximum Gasteiger partial charge on any atom is 0.397 e. The first-order chi connectivity index (χ1) is 8.26. The maximum absolute atomic E-state index is 13.2. The van der Waals surface area contributed by atoms with Gasteiger partial charge in [-0.1, -0.05) is 17.4 Å². The van der Waals surface area contributed by atoms with Gasteiger partial charge in [-0.3, -0.25) is 14.1 Å². The van der Waals surface area contributed by atoms with Crippen molar-refractivity contribution in [3.05, 3.63) is 28.8 Å². The fourth-order valence-electron chi connectivity index (χ4n) is 1.18. The molecule has 9 heteroatoms. The molecule has 0 spiro atoms. The molecule has 2 aromatic rings. The normalized spacial score (nSPS) is 11.1. The van der Waals surface area contributed by atoms with E-state index in [2.05, 4.69) is 4.18 Å². The largest absolute Gasteiger partial charge is 0.397 e. The van der Waals surface area contributed by atoms with Crippen molar-refractivity contribution in [2.24, 2.45) is 7.05 Å². The van der Waals surface area contributed by atoms with Crippen LogP contribution >= 0.6 is 11.3 Å². The summed E-state index contributed by atoms with van der Waals surface area (Å²) in [7, 11) is -1.59. The number of benzene rings is 1. The van der Waals surface area contributed by atoms with Crippen molar-refractivity contribution in [3.63, 3.8) is 0 Å². The zero-order valence-corrected chi connectivity index (χ0v) is 11.2. The highest BCUT2D eigenvalue weighted by atomic mass is 32.3. The van der Waals surface area contributed by atoms with E-state index in [0.717, 1.165) is 11.8 Å². The molecule has 0 saturated carbocycles. The summed E-state index contributed by atoms with van der Waals surface area (Å²) in [4.78, 5) is 0.370. The molecule has 0 aliphatic heterocycles. The van der Waals surface area contributed by atoms with Gasteiger partial charge < -0.3 is 4.57 Å². The summed E-state index contributed by atoms with van der Waals surface area (Å²) in [5.74, 6) is -0.259. The third-order valence-electron chi connectivity index (χ3n) is 2.01. The number of hydrogen-bond donors (Lipinski definition) is 2. The van der Waals surface area contributed by atoms with Crippen LogP contribution in [0.3, 0.4) is 0 Å². The molecular weight excluding hydrogens is 283 g/mol. The monoisotopic (exact) mass is 294 g/mol. The fourth-order valence-corrected chi connectivity index (χ4v) is 2.09. The van der Waals surface area contributed by atoms with Crippen LogP contribution in [0.4, 0.5) is 4.39 Å². The molecule has 1 aromatic carbocycles. The number of nitrogens with zero attached hydrogens (tertiary/aromatic N) is 1. The van der Waals surface area contributed by atoms with Gasteiger partial charge >= 0.3 is 10.4 Å². The van der Waals surface area contributed by atoms with Gasteiger partial charge in [0.2, 0.25) is 0 Å². The molecule has 0 atom stereocenters. The van der Waals surface area contributed by atoms with Gasteiger partial charge in [0.1, 0.15) is 5.82 Å². The van der Waals surface area contributed by atoms with E-state index in [9.17, 15) is 12.8 Å². The number of rotatable bonds is 1. The lowest BCUT2D eigenvalue weighted by Crippen LogP contribution is -2.07. The first-order valence-electron chi connectivity index (χ1n) is 4.58. The maximum atomic E-state index is 13.2. The summed E-state index contributed by atoms with van der Waals surface area (Å²) in [5, 5.41) is 7.46. The van der Waals surface area contributed by atoms with Crippen molar-refractivity contribution in [1.82, 2.24) is 4.57 Å². The van der Waals surface area contributed by atoms with Crippen molar-refractivity contribution in [3.8, 4) is 0 Å². The summed E-state index contributed by atoms with van der Waals surface area (Å²) in [6, 6.07) is 4.89. The third-order valence-corrected chi connectivity index (χ3v) is 3.44. The molecule has 0 amide bonds. The van der Waals surface area contributed by atoms with Crippen LogP contribution in [-0.2, 0) is 21.6 Å². The lowest BCUT2D eigenvalue weighted by Gasteiger charge is -1.94. The molecule has 0 unspecified atom stereocenters. The third kappa shape index (κ3) is 3.60. The van der Waals surface area contributed by atoms with E-state index in [1.54, 1.807) is 17.7 Å². The molecule has 0 aliphatic carbocycles. The number of para-hydroxylation sites is 1. The Morgan fingerprint density at radius 2 is 2.06 bits per heavy atom. The highest BCUT2D eigenvalue weighted by Crippen LogP contribution is 2.18. The molecule has 0 aliphatic rings. The molecule has 0 radical (unpaired) electrons. The van der Waals surface area contributed by atoms with Crippen LogP contribution in [0.25, 0.3) is 10.2 Å². The number of fused-ring (bicyclic) bond motifs is 1. The van der Waals surface area contributed by atoms with Gasteiger partial charge in [-0.25, -0.2) is 4.39 Å². The van der Waals surface area contributed by atoms with Gasteiger partial charge in [0.25, 0.3) is 0 Å². The summed E-state index contributed by atoms with van der Waals surface area (Å²) >= 11 is 1.28. The Labute approximate surface area is 107 Å². The summed E-state index contributed by atoms with van der Waals surface area (Å²) < 4.78 is 45.2. The SMILES string of the molecule is COS(=O)(=O)O.Cn1c(=N)sc2cccc(F)c21. The zero-order chi connectivity index (χ0) is 13.9. The van der Waals surface area contributed by atoms with Crippen molar-refractivity contribution < 1.29 is 21.5 Å². The number of hydrogen-bond acceptors (Lipinski definition) is 5. The minimum atomic E-state index is -4.16. The Morgan fingerprint density at radius 1 is 1.50 bits per heavy atom. The predicted molar refractivity (Wildman–Crippen MR) is 65.2 cm³/mol. The molecule has 0 bridgehead atoms. The Hall–Kier alpha value is -1.29. The van der Waals surface area contributed by atoms with E-state index in [1.807, 2.05) is 6.07 Å². The second-order valence-corrected chi connectivity index (χ2v) is 5.37. The minimum Gasteiger partial charge on any atom is -0.318 e. The molecule has 18 heavy (non-hydrogen) atoms. The standard InChI is InChI=1S/C8H7FN2S.CH4O4S/c1-11-7-5(9)3-2-4-6(7)12-8(11)10;1-5-6(2,3)4/h2-4,10H,1H3;1H3,(H,2,3,4). The highest BCUT2D eigenvalue weighted by molar-refractivity contribution is 7.80. The Kier molecular flexibility index (Phi) is 4.57. The molecule has 2 rings (SSSR count). The molecule has 0 saturated heterocycles. The van der Waals surface area contributed by atoms with Crippen LogP contribution in [-0.4, -0.2) is 24.6 Å². The smallest absolute Gasteiger partial charge is 0.318 e. The second-order valence-electron chi connectivity index (χ2n) is 3.15.